The van der Waals surface area contributed by atoms with E-state index in [4.69, 9.17) is 5.14 Å². The van der Waals surface area contributed by atoms with Gasteiger partial charge in [-0.1, -0.05) is 24.3 Å². The maximum absolute atomic E-state index is 14.3. The van der Waals surface area contributed by atoms with Crippen LogP contribution in [0.3, 0.4) is 0 Å². The van der Waals surface area contributed by atoms with Crippen molar-refractivity contribution in [1.29, 1.82) is 0 Å². The lowest BCUT2D eigenvalue weighted by Gasteiger charge is -2.05. The standard InChI is InChI=1S/C13H10FN3O2S/c14-12-9(5-3-7-11(12)20(15,18)19)13-8-4-1-2-6-10(8)16-17-13/h1-7H,(H,16,17)(H2,15,18,19). The first-order chi connectivity index (χ1) is 9.48. The summed E-state index contributed by atoms with van der Waals surface area (Å²) in [5.74, 6) is -0.896. The number of H-pyrrole nitrogens is 1. The SMILES string of the molecule is NS(=O)(=O)c1cccc(-c2n[nH]c3ccccc23)c1F. The summed E-state index contributed by atoms with van der Waals surface area (Å²) in [5, 5.41) is 12.5. The Kier molecular flexibility index (Phi) is 2.81. The van der Waals surface area contributed by atoms with Crippen LogP contribution in [0, 0.1) is 5.82 Å². The zero-order chi connectivity index (χ0) is 14.3. The summed E-state index contributed by atoms with van der Waals surface area (Å²) in [6.45, 7) is 0. The molecule has 20 heavy (non-hydrogen) atoms. The minimum Gasteiger partial charge on any atom is -0.277 e. The van der Waals surface area contributed by atoms with Gasteiger partial charge in [-0.3, -0.25) is 5.10 Å². The Labute approximate surface area is 114 Å². The van der Waals surface area contributed by atoms with Crippen LogP contribution in [-0.4, -0.2) is 18.6 Å². The van der Waals surface area contributed by atoms with Crippen LogP contribution in [0.2, 0.25) is 0 Å². The predicted octanol–water partition coefficient (Wildman–Crippen LogP) is 2.02. The van der Waals surface area contributed by atoms with Crippen LogP contribution in [0.15, 0.2) is 47.4 Å². The lowest BCUT2D eigenvalue weighted by Crippen LogP contribution is -2.14. The van der Waals surface area contributed by atoms with Gasteiger partial charge < -0.3 is 0 Å². The van der Waals surface area contributed by atoms with Crippen molar-refractivity contribution in [3.63, 3.8) is 0 Å². The summed E-state index contributed by atoms with van der Waals surface area (Å²) in [6.07, 6.45) is 0. The van der Waals surface area contributed by atoms with Gasteiger partial charge in [-0.15, -0.1) is 0 Å². The molecule has 0 saturated heterocycles. The van der Waals surface area contributed by atoms with E-state index in [0.29, 0.717) is 11.1 Å². The molecule has 3 rings (SSSR count). The molecule has 0 amide bonds. The second-order valence-corrected chi connectivity index (χ2v) is 5.81. The van der Waals surface area contributed by atoms with Gasteiger partial charge in [0.1, 0.15) is 10.6 Å². The lowest BCUT2D eigenvalue weighted by atomic mass is 10.1. The highest BCUT2D eigenvalue weighted by Crippen LogP contribution is 2.30. The third kappa shape index (κ3) is 1.97. The quantitative estimate of drug-likeness (QED) is 0.757. The van der Waals surface area contributed by atoms with Crippen molar-refractivity contribution in [2.45, 2.75) is 4.90 Å². The van der Waals surface area contributed by atoms with E-state index < -0.39 is 20.7 Å². The van der Waals surface area contributed by atoms with E-state index >= 15 is 0 Å². The van der Waals surface area contributed by atoms with Gasteiger partial charge in [0.05, 0.1) is 5.52 Å². The summed E-state index contributed by atoms with van der Waals surface area (Å²) >= 11 is 0. The van der Waals surface area contributed by atoms with Crippen molar-refractivity contribution >= 4 is 20.9 Å². The van der Waals surface area contributed by atoms with Gasteiger partial charge in [-0.25, -0.2) is 17.9 Å². The van der Waals surface area contributed by atoms with Gasteiger partial charge in [-0.2, -0.15) is 5.10 Å². The number of nitrogens with zero attached hydrogens (tertiary/aromatic N) is 1. The number of nitrogens with two attached hydrogens (primary N) is 1. The van der Waals surface area contributed by atoms with E-state index in [1.54, 1.807) is 18.2 Å². The van der Waals surface area contributed by atoms with E-state index in [9.17, 15) is 12.8 Å². The van der Waals surface area contributed by atoms with Crippen molar-refractivity contribution in [2.24, 2.45) is 5.14 Å². The minimum absolute atomic E-state index is 0.0916. The monoisotopic (exact) mass is 291 g/mol. The maximum atomic E-state index is 14.3. The fraction of sp³-hybridized carbons (Fsp3) is 0. The fourth-order valence-corrected chi connectivity index (χ4v) is 2.71. The molecule has 0 unspecified atom stereocenters. The zero-order valence-corrected chi connectivity index (χ0v) is 11.0. The molecular formula is C13H10FN3O2S. The molecule has 0 bridgehead atoms. The molecule has 1 heterocycles. The van der Waals surface area contributed by atoms with Gasteiger partial charge in [0.25, 0.3) is 0 Å². The molecule has 1 aromatic heterocycles. The number of hydrogen-bond acceptors (Lipinski definition) is 3. The number of sulfonamides is 1. The Morgan fingerprint density at radius 2 is 1.85 bits per heavy atom. The van der Waals surface area contributed by atoms with Crippen LogP contribution in [0.1, 0.15) is 0 Å². The smallest absolute Gasteiger partial charge is 0.240 e. The van der Waals surface area contributed by atoms with Gasteiger partial charge in [-0.05, 0) is 18.2 Å². The summed E-state index contributed by atoms with van der Waals surface area (Å²) < 4.78 is 37.0. The largest absolute Gasteiger partial charge is 0.277 e. The highest BCUT2D eigenvalue weighted by atomic mass is 32.2. The fourth-order valence-electron chi connectivity index (χ4n) is 2.08. The first-order valence-corrected chi connectivity index (χ1v) is 7.28. The van der Waals surface area contributed by atoms with Crippen molar-refractivity contribution in [1.82, 2.24) is 10.2 Å². The highest BCUT2D eigenvalue weighted by molar-refractivity contribution is 7.89. The van der Waals surface area contributed by atoms with Crippen LogP contribution in [0.4, 0.5) is 4.39 Å². The summed E-state index contributed by atoms with van der Waals surface area (Å²) in [6, 6.07) is 11.2. The van der Waals surface area contributed by atoms with E-state index in [0.717, 1.165) is 11.6 Å². The first-order valence-electron chi connectivity index (χ1n) is 5.73. The number of fused-ring (bicyclic) bond motifs is 1. The summed E-state index contributed by atoms with van der Waals surface area (Å²) in [5.41, 5.74) is 1.18. The molecule has 3 N–H and O–H groups in total. The second-order valence-electron chi connectivity index (χ2n) is 4.28. The molecule has 0 aliphatic rings. The van der Waals surface area contributed by atoms with Gasteiger partial charge in [0.15, 0.2) is 5.82 Å². The van der Waals surface area contributed by atoms with Crippen molar-refractivity contribution < 1.29 is 12.8 Å². The molecule has 0 spiro atoms. The molecular weight excluding hydrogens is 281 g/mol. The number of nitrogens with one attached hydrogen (secondary N) is 1. The van der Waals surface area contributed by atoms with Crippen LogP contribution in [-0.2, 0) is 10.0 Å². The van der Waals surface area contributed by atoms with Crippen molar-refractivity contribution in [2.75, 3.05) is 0 Å². The first kappa shape index (κ1) is 12.8. The number of primary sulfonamides is 1. The molecule has 102 valence electrons. The highest BCUT2D eigenvalue weighted by Gasteiger charge is 2.20. The molecule has 0 saturated carbocycles. The van der Waals surface area contributed by atoms with Crippen LogP contribution < -0.4 is 5.14 Å². The van der Waals surface area contributed by atoms with Crippen molar-refractivity contribution in [3.8, 4) is 11.3 Å². The lowest BCUT2D eigenvalue weighted by molar-refractivity contribution is 0.569. The van der Waals surface area contributed by atoms with Crippen LogP contribution in [0.5, 0.6) is 0 Å². The number of halogens is 1. The van der Waals surface area contributed by atoms with Gasteiger partial charge in [0, 0.05) is 10.9 Å². The molecule has 0 atom stereocenters. The summed E-state index contributed by atoms with van der Waals surface area (Å²) in [4.78, 5) is -0.540. The average molecular weight is 291 g/mol. The number of hydrogen-bond donors (Lipinski definition) is 2. The number of aromatic amines is 1. The number of aromatic nitrogens is 2. The molecule has 0 fully saturated rings. The Bertz CT molecular complexity index is 903. The predicted molar refractivity (Wildman–Crippen MR) is 72.9 cm³/mol. The second kappa shape index (κ2) is 4.39. The van der Waals surface area contributed by atoms with Gasteiger partial charge in [0.2, 0.25) is 10.0 Å². The van der Waals surface area contributed by atoms with Crippen LogP contribution >= 0.6 is 0 Å². The number of para-hydroxylation sites is 1. The molecule has 7 heteroatoms. The van der Waals surface area contributed by atoms with E-state index in [1.165, 1.54) is 12.1 Å². The normalized spacial score (nSPS) is 11.9. The zero-order valence-electron chi connectivity index (χ0n) is 10.2. The summed E-state index contributed by atoms with van der Waals surface area (Å²) in [7, 11) is -4.11. The number of benzene rings is 2. The van der Waals surface area contributed by atoms with E-state index in [2.05, 4.69) is 10.2 Å². The van der Waals surface area contributed by atoms with Crippen molar-refractivity contribution in [3.05, 3.63) is 48.3 Å². The van der Waals surface area contributed by atoms with E-state index in [-0.39, 0.29) is 5.56 Å². The average Bonchev–Trinajstić information content (AvgIpc) is 2.81. The Morgan fingerprint density at radius 3 is 2.60 bits per heavy atom. The molecule has 0 aliphatic heterocycles. The molecule has 5 nitrogen and oxygen atoms in total. The molecule has 3 aromatic rings. The van der Waals surface area contributed by atoms with E-state index in [1.807, 2.05) is 6.07 Å². The molecule has 2 aromatic carbocycles. The third-order valence-corrected chi connectivity index (χ3v) is 3.92. The molecule has 0 radical (unpaired) electrons. The maximum Gasteiger partial charge on any atom is 0.240 e. The van der Waals surface area contributed by atoms with Crippen LogP contribution in [0.25, 0.3) is 22.2 Å². The number of rotatable bonds is 2. The Hall–Kier alpha value is -2.25. The Balaban J connectivity index is 2.31. The third-order valence-electron chi connectivity index (χ3n) is 3.00. The Morgan fingerprint density at radius 1 is 1.10 bits per heavy atom. The van der Waals surface area contributed by atoms with Gasteiger partial charge >= 0.3 is 0 Å². The topological polar surface area (TPSA) is 88.8 Å². The molecule has 0 aliphatic carbocycles. The minimum atomic E-state index is -4.11.